The van der Waals surface area contributed by atoms with E-state index in [1.165, 1.54) is 69.3 Å². The van der Waals surface area contributed by atoms with Crippen LogP contribution in [0.4, 0.5) is 0 Å². The zero-order valence-electron chi connectivity index (χ0n) is 36.7. The Morgan fingerprint density at radius 1 is 0.579 bits per heavy atom. The topological polar surface area (TPSA) is 0 Å². The Kier molecular flexibility index (Phi) is 10.2. The van der Waals surface area contributed by atoms with E-state index in [1.807, 2.05) is 0 Å². The molecule has 0 nitrogen and oxygen atoms in total. The third-order valence-electron chi connectivity index (χ3n) is 16.1. The summed E-state index contributed by atoms with van der Waals surface area (Å²) in [5, 5.41) is 0. The molecule has 0 heterocycles. The van der Waals surface area contributed by atoms with Crippen molar-refractivity contribution in [3.63, 3.8) is 0 Å². The number of hydrogen-bond acceptors (Lipinski definition) is 0. The molecule has 0 saturated carbocycles. The Bertz CT molecular complexity index is 2320. The second-order valence-electron chi connectivity index (χ2n) is 22.0. The third kappa shape index (κ3) is 6.27. The first-order valence-electron chi connectivity index (χ1n) is 22.2. The maximum absolute atomic E-state index is 6.68. The van der Waals surface area contributed by atoms with Crippen LogP contribution in [0.2, 0.25) is 7.85 Å². The summed E-state index contributed by atoms with van der Waals surface area (Å²) in [6.45, 7) is 21.3. The molecule has 0 radical (unpaired) electrons. The molecule has 0 spiro atoms. The van der Waals surface area contributed by atoms with Crippen molar-refractivity contribution in [1.82, 2.24) is 0 Å². The number of fused-ring (bicyclic) bond motifs is 3. The van der Waals surface area contributed by atoms with Crippen LogP contribution in [0.5, 0.6) is 0 Å². The molecule has 0 aromatic heterocycles. The van der Waals surface area contributed by atoms with Crippen LogP contribution in [0.3, 0.4) is 0 Å². The molecule has 0 saturated heterocycles. The Hall–Kier alpha value is -3.68. The molecule has 298 valence electrons. The first-order chi connectivity index (χ1) is 26.9. The van der Waals surface area contributed by atoms with E-state index in [-0.39, 0.29) is 18.2 Å². The van der Waals surface area contributed by atoms with Crippen molar-refractivity contribution >= 4 is 7.58 Å². The molecular weight excluding hydrogens is 851 g/mol. The van der Waals surface area contributed by atoms with E-state index in [0.717, 1.165) is 19.0 Å². The molecule has 5 aromatic carbocycles. The summed E-state index contributed by atoms with van der Waals surface area (Å²) in [6.07, 6.45) is 14.8. The maximum atomic E-state index is 6.64. The zero-order chi connectivity index (χ0) is 40.8. The summed E-state index contributed by atoms with van der Waals surface area (Å²) >= 11 is -6.68. The summed E-state index contributed by atoms with van der Waals surface area (Å²) in [7, 11) is 0. The van der Waals surface area contributed by atoms with Crippen molar-refractivity contribution in [3.05, 3.63) is 185 Å². The van der Waals surface area contributed by atoms with E-state index in [0.29, 0.717) is 5.92 Å². The normalized spacial score (nSPS) is 16.6. The molecule has 0 unspecified atom stereocenters. The van der Waals surface area contributed by atoms with E-state index in [9.17, 15) is 0 Å². The number of rotatable bonds is 13. The van der Waals surface area contributed by atoms with Crippen LogP contribution in [0, 0.1) is 0 Å². The summed E-state index contributed by atoms with van der Waals surface area (Å²) in [4.78, 5) is 0. The summed E-state index contributed by atoms with van der Waals surface area (Å²) in [5.41, 5.74) is 12.8. The first kappa shape index (κ1) is 41.5. The molecule has 0 N–H and O–H groups in total. The fraction of sp³-hybridized carbons (Fsp3) is 0.375. The van der Waals surface area contributed by atoms with Crippen LogP contribution < -0.4 is 3.32 Å². The quantitative estimate of drug-likeness (QED) is 0.0815. The number of hydrogen-bond donors (Lipinski definition) is 0. The average molecular weight is 922 g/mol. The van der Waals surface area contributed by atoms with E-state index in [2.05, 4.69) is 208 Å². The van der Waals surface area contributed by atoms with Crippen LogP contribution in [0.25, 0.3) is 11.1 Å². The second kappa shape index (κ2) is 14.0. The van der Waals surface area contributed by atoms with Crippen molar-refractivity contribution in [2.75, 3.05) is 0 Å². The van der Waals surface area contributed by atoms with Gasteiger partial charge in [-0.1, -0.05) is 0 Å². The number of unbranched alkanes of at least 4 members (excludes halogenated alkanes) is 3. The van der Waals surface area contributed by atoms with Gasteiger partial charge >= 0.3 is 343 Å². The molecule has 7 rings (SSSR count). The molecule has 5 aromatic rings. The monoisotopic (exact) mass is 922 g/mol. The van der Waals surface area contributed by atoms with Crippen LogP contribution in [0.15, 0.2) is 146 Å². The number of benzene rings is 5. The van der Waals surface area contributed by atoms with Gasteiger partial charge in [0, 0.05) is 0 Å². The standard InChI is InChI=1S/C21H25.C9H11.2C7H7.C6H13.C5H5.CH2.Hf/c1-20(2,3)16-7-9-18-14(12-16)11-15-13-17(21(4,5)6)8-10-19(15)18;1-8(2)9-6-4-3-5-7-9;2*1-7-5-3-2-4-6-7;1-3-5-6-4-2;1-2-4-5-3-1;;/h7-13H,1-6H3;4-8H,1-2H3;2*2-6H,1H2;1,3-6H2,2H3;1-5H;1H2;. The molecule has 0 aliphatic heterocycles. The first-order valence-corrected chi connectivity index (χ1v) is 38.3. The molecule has 57 heavy (non-hydrogen) atoms. The average Bonchev–Trinajstić information content (AvgIpc) is 3.86. The van der Waals surface area contributed by atoms with Gasteiger partial charge in [0.2, 0.25) is 0 Å². The van der Waals surface area contributed by atoms with Gasteiger partial charge in [-0.2, -0.15) is 0 Å². The van der Waals surface area contributed by atoms with E-state index in [4.69, 9.17) is 4.26 Å². The summed E-state index contributed by atoms with van der Waals surface area (Å²) in [6, 6.07) is 48.7. The van der Waals surface area contributed by atoms with Crippen LogP contribution in [0.1, 0.15) is 137 Å². The SMILES string of the molecule is [CH2]=[Hf]([CH2]CCCCC)([CH2]c1ccccc1)([CH2]c1ccccc1)([c]1ccc(C(C)C)cc1)([CH]1C=CC=C1)[CH]1c2cc(C(C)(C)C)ccc2-c2ccc(C(C)(C)C)cc21. The van der Waals surface area contributed by atoms with Gasteiger partial charge < -0.3 is 0 Å². The van der Waals surface area contributed by atoms with Gasteiger partial charge in [-0.15, -0.1) is 0 Å². The predicted molar refractivity (Wildman–Crippen MR) is 250 cm³/mol. The molecule has 1 heteroatoms. The molecule has 0 bridgehead atoms. The van der Waals surface area contributed by atoms with Crippen molar-refractivity contribution in [2.45, 2.75) is 125 Å². The minimum absolute atomic E-state index is 0.0114. The van der Waals surface area contributed by atoms with Crippen molar-refractivity contribution < 1.29 is 15.1 Å². The Balaban J connectivity index is 1.84. The van der Waals surface area contributed by atoms with Gasteiger partial charge in [0.15, 0.2) is 0 Å². The molecule has 2 aliphatic rings. The van der Waals surface area contributed by atoms with Crippen molar-refractivity contribution in [1.29, 1.82) is 0 Å². The zero-order valence-corrected chi connectivity index (χ0v) is 40.3. The van der Waals surface area contributed by atoms with Gasteiger partial charge in [-0.3, -0.25) is 0 Å². The molecule has 0 amide bonds. The van der Waals surface area contributed by atoms with Gasteiger partial charge in [0.25, 0.3) is 0 Å². The van der Waals surface area contributed by atoms with Crippen LogP contribution in [-0.4, -0.2) is 4.26 Å². The second-order valence-corrected chi connectivity index (χ2v) is 63.8. The van der Waals surface area contributed by atoms with Gasteiger partial charge in [-0.05, 0) is 0 Å². The van der Waals surface area contributed by atoms with Crippen LogP contribution >= 0.6 is 0 Å². The summed E-state index contributed by atoms with van der Waals surface area (Å²) in [5.74, 6) is 0.436. The Morgan fingerprint density at radius 3 is 1.47 bits per heavy atom. The summed E-state index contributed by atoms with van der Waals surface area (Å²) < 4.78 is 11.4. The third-order valence-corrected chi connectivity index (χ3v) is 67.2. The van der Waals surface area contributed by atoms with Gasteiger partial charge in [0.1, 0.15) is 0 Å². The fourth-order valence-electron chi connectivity index (χ4n) is 13.0. The van der Waals surface area contributed by atoms with Crippen molar-refractivity contribution in [2.24, 2.45) is 0 Å². The van der Waals surface area contributed by atoms with E-state index >= 15 is 0 Å². The van der Waals surface area contributed by atoms with Gasteiger partial charge in [-0.25, -0.2) is 0 Å². The predicted octanol–water partition coefficient (Wildman–Crippen LogP) is 15.3. The van der Waals surface area contributed by atoms with E-state index in [1.54, 1.807) is 3.32 Å². The molecular formula is C56H70Hf. The fourth-order valence-corrected chi connectivity index (χ4v) is 67.0. The Labute approximate surface area is 340 Å². The van der Waals surface area contributed by atoms with Gasteiger partial charge in [0.05, 0.1) is 0 Å². The van der Waals surface area contributed by atoms with E-state index < -0.39 is 15.1 Å². The molecule has 2 aliphatic carbocycles. The minimum atomic E-state index is -6.68. The number of allylic oxidation sites excluding steroid dienone is 4. The van der Waals surface area contributed by atoms with Crippen LogP contribution in [-0.2, 0) is 34.3 Å². The molecule has 0 fully saturated rings. The Morgan fingerprint density at radius 2 is 1.05 bits per heavy atom. The molecule has 0 atom stereocenters. The van der Waals surface area contributed by atoms with Crippen molar-refractivity contribution in [3.8, 4) is 11.1 Å².